The fraction of sp³-hybridized carbons (Fsp3) is 0.733. The van der Waals surface area contributed by atoms with E-state index in [1.54, 1.807) is 27.7 Å². The van der Waals surface area contributed by atoms with Crippen molar-refractivity contribution < 1.29 is 9.47 Å². The summed E-state index contributed by atoms with van der Waals surface area (Å²) in [6, 6.07) is -0.429. The Morgan fingerprint density at radius 3 is 2.67 bits per heavy atom. The van der Waals surface area contributed by atoms with Crippen molar-refractivity contribution in [2.45, 2.75) is 58.0 Å². The monoisotopic (exact) mass is 337 g/mol. The van der Waals surface area contributed by atoms with Crippen molar-refractivity contribution in [1.82, 2.24) is 9.13 Å². The average molecular weight is 337 g/mol. The van der Waals surface area contributed by atoms with Crippen molar-refractivity contribution in [3.05, 3.63) is 43.0 Å². The minimum absolute atomic E-state index is 0.257. The summed E-state index contributed by atoms with van der Waals surface area (Å²) >= 11 is 0. The predicted molar refractivity (Wildman–Crippen MR) is 88.0 cm³/mol. The van der Waals surface area contributed by atoms with E-state index in [1.165, 1.54) is 22.4 Å². The van der Waals surface area contributed by atoms with Crippen LogP contribution in [0.2, 0.25) is 0 Å². The molecule has 1 aliphatic heterocycles. The minimum Gasteiger partial charge on any atom is -0.382 e. The van der Waals surface area contributed by atoms with Gasteiger partial charge in [-0.05, 0) is 33.2 Å². The number of aromatic nitrogens is 2. The van der Waals surface area contributed by atoms with E-state index in [1.807, 2.05) is 0 Å². The van der Waals surface area contributed by atoms with Gasteiger partial charge in [0.25, 0.3) is 5.56 Å². The molecule has 0 saturated carbocycles. The lowest BCUT2D eigenvalue weighted by atomic mass is 10.1. The molecule has 0 bridgehead atoms. The number of rotatable bonds is 4. The smallest absolute Gasteiger partial charge is 0.333 e. The molecule has 2 rings (SSSR count). The predicted octanol–water partition coefficient (Wildman–Crippen LogP) is 1.69. The Balaban J connectivity index is 2.51. The third-order valence-corrected chi connectivity index (χ3v) is 4.00. The van der Waals surface area contributed by atoms with Crippen LogP contribution < -0.4 is 11.2 Å². The first-order valence-electron chi connectivity index (χ1n) is 7.74. The maximum absolute atomic E-state index is 12.8. The zero-order chi connectivity index (χ0) is 18.1. The molecule has 132 valence electrons. The van der Waals surface area contributed by atoms with Gasteiger partial charge >= 0.3 is 5.69 Å². The van der Waals surface area contributed by atoms with Crippen molar-refractivity contribution in [3.8, 4) is 0 Å². The van der Waals surface area contributed by atoms with E-state index in [4.69, 9.17) is 15.0 Å². The highest BCUT2D eigenvalue weighted by Gasteiger charge is 2.37. The van der Waals surface area contributed by atoms with Gasteiger partial charge in [0.15, 0.2) is 0 Å². The van der Waals surface area contributed by atoms with Gasteiger partial charge in [0.1, 0.15) is 6.23 Å². The summed E-state index contributed by atoms with van der Waals surface area (Å²) in [6.07, 6.45) is 0.804. The van der Waals surface area contributed by atoms with Crippen molar-refractivity contribution in [1.29, 1.82) is 0 Å². The second-order valence-electron chi connectivity index (χ2n) is 6.91. The molecule has 1 aromatic heterocycles. The van der Waals surface area contributed by atoms with Crippen LogP contribution in [0.4, 0.5) is 0 Å². The van der Waals surface area contributed by atoms with Crippen LogP contribution in [0.15, 0.2) is 20.9 Å². The number of ether oxygens (including phenoxy) is 2. The van der Waals surface area contributed by atoms with Crippen molar-refractivity contribution >= 4 is 0 Å². The average Bonchev–Trinajstić information content (AvgIpc) is 2.85. The van der Waals surface area contributed by atoms with Gasteiger partial charge in [0.05, 0.1) is 18.8 Å². The van der Waals surface area contributed by atoms with Gasteiger partial charge in [-0.2, -0.15) is 0 Å². The number of aryl methyl sites for hydroxylation is 1. The molecule has 24 heavy (non-hydrogen) atoms. The maximum Gasteiger partial charge on any atom is 0.333 e. The summed E-state index contributed by atoms with van der Waals surface area (Å²) in [4.78, 5) is 28.0. The minimum atomic E-state index is -0.656. The van der Waals surface area contributed by atoms with Gasteiger partial charge in [0.2, 0.25) is 0 Å². The molecule has 1 unspecified atom stereocenters. The standard InChI is InChI=1S/C15H23N5O4/c1-9-7-19(14(22)20(13(9)21)15(2,3)4)12-6-10(17-18-16)11(24-12)8-23-5/h7,10-12H,6,8H2,1-5H3/t10?,11-,12-/m1/s1. The SMILES string of the molecule is COC[C@H]1O[C@@H](n2cc(C)c(=O)n(C(C)(C)C)c2=O)CC1N=[N+]=[N-]. The first-order chi connectivity index (χ1) is 11.2. The second kappa shape index (κ2) is 6.80. The van der Waals surface area contributed by atoms with E-state index in [9.17, 15) is 9.59 Å². The van der Waals surface area contributed by atoms with Crippen LogP contribution in [-0.4, -0.2) is 35.0 Å². The van der Waals surface area contributed by atoms with E-state index in [-0.39, 0.29) is 12.2 Å². The van der Waals surface area contributed by atoms with Gasteiger partial charge in [-0.15, -0.1) is 0 Å². The van der Waals surface area contributed by atoms with Crippen molar-refractivity contribution in [3.63, 3.8) is 0 Å². The molecule has 1 fully saturated rings. The summed E-state index contributed by atoms with van der Waals surface area (Å²) in [5.41, 5.74) is 7.73. The molecule has 3 atom stereocenters. The lowest BCUT2D eigenvalue weighted by Crippen LogP contribution is -2.49. The summed E-state index contributed by atoms with van der Waals surface area (Å²) in [5.74, 6) is 0. The topological polar surface area (TPSA) is 111 Å². The highest BCUT2D eigenvalue weighted by atomic mass is 16.5. The van der Waals surface area contributed by atoms with Crippen LogP contribution in [-0.2, 0) is 15.0 Å². The lowest BCUT2D eigenvalue weighted by Gasteiger charge is -2.25. The Morgan fingerprint density at radius 1 is 1.46 bits per heavy atom. The zero-order valence-electron chi connectivity index (χ0n) is 14.6. The van der Waals surface area contributed by atoms with Crippen LogP contribution in [0.25, 0.3) is 10.4 Å². The quantitative estimate of drug-likeness (QED) is 0.473. The molecule has 1 aromatic rings. The number of nitrogens with zero attached hydrogens (tertiary/aromatic N) is 5. The lowest BCUT2D eigenvalue weighted by molar-refractivity contribution is -0.0370. The van der Waals surface area contributed by atoms with Crippen LogP contribution >= 0.6 is 0 Å². The van der Waals surface area contributed by atoms with Gasteiger partial charge in [0, 0.05) is 35.7 Å². The normalized spacial score (nSPS) is 24.0. The molecule has 1 aliphatic rings. The summed E-state index contributed by atoms with van der Waals surface area (Å²) < 4.78 is 13.6. The molecule has 0 aromatic carbocycles. The molecule has 0 spiro atoms. The number of hydrogen-bond acceptors (Lipinski definition) is 5. The molecular formula is C15H23N5O4. The molecule has 2 heterocycles. The summed E-state index contributed by atoms with van der Waals surface area (Å²) in [7, 11) is 1.53. The molecule has 0 N–H and O–H groups in total. The fourth-order valence-electron chi connectivity index (χ4n) is 2.88. The van der Waals surface area contributed by atoms with Crippen molar-refractivity contribution in [2.24, 2.45) is 5.11 Å². The third-order valence-electron chi connectivity index (χ3n) is 4.00. The van der Waals surface area contributed by atoms with E-state index in [0.717, 1.165) is 0 Å². The van der Waals surface area contributed by atoms with Crippen LogP contribution in [0.3, 0.4) is 0 Å². The molecule has 0 radical (unpaired) electrons. The van der Waals surface area contributed by atoms with E-state index >= 15 is 0 Å². The van der Waals surface area contributed by atoms with Gasteiger partial charge < -0.3 is 9.47 Å². The highest BCUT2D eigenvalue weighted by Crippen LogP contribution is 2.30. The van der Waals surface area contributed by atoms with Crippen LogP contribution in [0, 0.1) is 6.92 Å². The number of azide groups is 1. The van der Waals surface area contributed by atoms with Gasteiger partial charge in [-0.25, -0.2) is 4.79 Å². The van der Waals surface area contributed by atoms with E-state index in [2.05, 4.69) is 10.0 Å². The Labute approximate surface area is 139 Å². The van der Waals surface area contributed by atoms with Gasteiger partial charge in [-0.3, -0.25) is 13.9 Å². The molecule has 9 heteroatoms. The maximum atomic E-state index is 12.8. The molecular weight excluding hydrogens is 314 g/mol. The Hall–Kier alpha value is -2.09. The molecule has 9 nitrogen and oxygen atoms in total. The first-order valence-corrected chi connectivity index (χ1v) is 7.74. The highest BCUT2D eigenvalue weighted by molar-refractivity contribution is 5.06. The molecule has 0 amide bonds. The number of methoxy groups -OCH3 is 1. The second-order valence-corrected chi connectivity index (χ2v) is 6.91. The Morgan fingerprint density at radius 2 is 2.12 bits per heavy atom. The Kier molecular flexibility index (Phi) is 5.17. The van der Waals surface area contributed by atoms with Gasteiger partial charge in [-0.1, -0.05) is 5.11 Å². The molecule has 0 aliphatic carbocycles. The first kappa shape index (κ1) is 18.3. The fourth-order valence-corrected chi connectivity index (χ4v) is 2.88. The number of hydrogen-bond donors (Lipinski definition) is 0. The van der Waals surface area contributed by atoms with Crippen LogP contribution in [0.1, 0.15) is 39.0 Å². The van der Waals surface area contributed by atoms with Crippen molar-refractivity contribution in [2.75, 3.05) is 13.7 Å². The summed E-state index contributed by atoms with van der Waals surface area (Å²) in [6.45, 7) is 7.31. The molecule has 1 saturated heterocycles. The zero-order valence-corrected chi connectivity index (χ0v) is 14.6. The van der Waals surface area contributed by atoms with Crippen LogP contribution in [0.5, 0.6) is 0 Å². The van der Waals surface area contributed by atoms with E-state index < -0.39 is 29.6 Å². The van der Waals surface area contributed by atoms with E-state index in [0.29, 0.717) is 12.0 Å². The largest absolute Gasteiger partial charge is 0.382 e. The Bertz CT molecular complexity index is 770. The third kappa shape index (κ3) is 3.38. The summed E-state index contributed by atoms with van der Waals surface area (Å²) in [5, 5.41) is 3.73.